The summed E-state index contributed by atoms with van der Waals surface area (Å²) in [6.45, 7) is 5.59. The second-order valence-electron chi connectivity index (χ2n) is 8.97. The van der Waals surface area contributed by atoms with Gasteiger partial charge in [0.05, 0.1) is 17.7 Å². The molecule has 0 radical (unpaired) electrons. The molecule has 0 amide bonds. The van der Waals surface area contributed by atoms with E-state index >= 15 is 0 Å². The second-order valence-corrected chi connectivity index (χ2v) is 10.8. The fourth-order valence-corrected chi connectivity index (χ4v) is 5.94. The highest BCUT2D eigenvalue weighted by atomic mass is 32.2. The molecule has 1 aliphatic rings. The van der Waals surface area contributed by atoms with Crippen LogP contribution in [-0.4, -0.2) is 39.8 Å². The zero-order valence-corrected chi connectivity index (χ0v) is 20.3. The van der Waals surface area contributed by atoms with Crippen LogP contribution in [0.4, 0.5) is 5.69 Å². The van der Waals surface area contributed by atoms with Gasteiger partial charge in [-0.1, -0.05) is 32.0 Å². The highest BCUT2D eigenvalue weighted by Crippen LogP contribution is 2.45. The fourth-order valence-electron chi connectivity index (χ4n) is 4.21. The number of sulfonamides is 1. The van der Waals surface area contributed by atoms with Crippen LogP contribution >= 0.6 is 0 Å². The first kappa shape index (κ1) is 23.6. The number of benzene rings is 3. The zero-order valence-electron chi connectivity index (χ0n) is 19.5. The molecule has 0 aliphatic carbocycles. The van der Waals surface area contributed by atoms with Crippen LogP contribution in [0, 0.1) is 6.92 Å². The van der Waals surface area contributed by atoms with E-state index in [1.165, 1.54) is 22.5 Å². The van der Waals surface area contributed by atoms with Gasteiger partial charge >= 0.3 is 5.97 Å². The zero-order chi connectivity index (χ0) is 24.7. The molecule has 1 N–H and O–H groups in total. The maximum Gasteiger partial charge on any atom is 0.341 e. The van der Waals surface area contributed by atoms with E-state index in [2.05, 4.69) is 6.07 Å². The van der Waals surface area contributed by atoms with Gasteiger partial charge in [0.1, 0.15) is 11.5 Å². The standard InChI is InChI=1S/C26H27NO6S/c1-17-13-21(10-12-24(17)33-15-25(28)29)34(30,31)27-16-26(2,3)22-14-19(7-11-23(22)27)18-5-8-20(32-4)9-6-18/h5-14H,15-16H2,1-4H3,(H,28,29). The van der Waals surface area contributed by atoms with Crippen molar-refractivity contribution >= 4 is 21.7 Å². The third kappa shape index (κ3) is 4.33. The molecule has 0 spiro atoms. The van der Waals surface area contributed by atoms with Crippen molar-refractivity contribution in [2.45, 2.75) is 31.1 Å². The molecule has 0 fully saturated rings. The highest BCUT2D eigenvalue weighted by Gasteiger charge is 2.41. The van der Waals surface area contributed by atoms with Crippen LogP contribution in [0.3, 0.4) is 0 Å². The number of hydrogen-bond donors (Lipinski definition) is 1. The van der Waals surface area contributed by atoms with Gasteiger partial charge in [-0.15, -0.1) is 0 Å². The van der Waals surface area contributed by atoms with Crippen molar-refractivity contribution in [2.24, 2.45) is 0 Å². The van der Waals surface area contributed by atoms with E-state index in [1.54, 1.807) is 14.0 Å². The van der Waals surface area contributed by atoms with E-state index in [0.717, 1.165) is 22.4 Å². The van der Waals surface area contributed by atoms with Gasteiger partial charge in [-0.05, 0) is 71.6 Å². The largest absolute Gasteiger partial charge is 0.497 e. The molecule has 178 valence electrons. The number of fused-ring (bicyclic) bond motifs is 1. The number of ether oxygens (including phenoxy) is 2. The first-order valence-electron chi connectivity index (χ1n) is 10.8. The molecule has 0 saturated carbocycles. The van der Waals surface area contributed by atoms with Gasteiger partial charge in [0, 0.05) is 12.0 Å². The smallest absolute Gasteiger partial charge is 0.341 e. The van der Waals surface area contributed by atoms with E-state index in [1.807, 2.05) is 50.2 Å². The van der Waals surface area contributed by atoms with Gasteiger partial charge < -0.3 is 14.6 Å². The van der Waals surface area contributed by atoms with E-state index in [4.69, 9.17) is 14.6 Å². The summed E-state index contributed by atoms with van der Waals surface area (Å²) in [6.07, 6.45) is 0. The second kappa shape index (κ2) is 8.68. The fraction of sp³-hybridized carbons (Fsp3) is 0.269. The average molecular weight is 482 g/mol. The highest BCUT2D eigenvalue weighted by molar-refractivity contribution is 7.92. The van der Waals surface area contributed by atoms with Crippen LogP contribution in [0.5, 0.6) is 11.5 Å². The minimum absolute atomic E-state index is 0.135. The Hall–Kier alpha value is -3.52. The van der Waals surface area contributed by atoms with Crippen LogP contribution in [0.2, 0.25) is 0 Å². The van der Waals surface area contributed by atoms with Crippen molar-refractivity contribution in [3.63, 3.8) is 0 Å². The van der Waals surface area contributed by atoms with Crippen LogP contribution in [0.15, 0.2) is 65.6 Å². The Morgan fingerprint density at radius 2 is 1.71 bits per heavy atom. The van der Waals surface area contributed by atoms with Crippen molar-refractivity contribution in [3.05, 3.63) is 71.8 Å². The lowest BCUT2D eigenvalue weighted by molar-refractivity contribution is -0.139. The summed E-state index contributed by atoms with van der Waals surface area (Å²) >= 11 is 0. The Bertz CT molecular complexity index is 1350. The van der Waals surface area contributed by atoms with Crippen molar-refractivity contribution < 1.29 is 27.8 Å². The molecule has 0 unspecified atom stereocenters. The van der Waals surface area contributed by atoms with Crippen molar-refractivity contribution in [3.8, 4) is 22.6 Å². The normalized spacial score (nSPS) is 14.5. The predicted octanol–water partition coefficient (Wildman–Crippen LogP) is 4.62. The molecule has 4 rings (SSSR count). The molecular formula is C26H27NO6S. The minimum atomic E-state index is -3.84. The number of aryl methyl sites for hydroxylation is 1. The minimum Gasteiger partial charge on any atom is -0.497 e. The van der Waals surface area contributed by atoms with Crippen molar-refractivity contribution in [1.82, 2.24) is 0 Å². The van der Waals surface area contributed by atoms with Crippen LogP contribution < -0.4 is 13.8 Å². The number of methoxy groups -OCH3 is 1. The molecule has 3 aromatic carbocycles. The average Bonchev–Trinajstić information content (AvgIpc) is 3.09. The summed E-state index contributed by atoms with van der Waals surface area (Å²) in [6, 6.07) is 18.1. The van der Waals surface area contributed by atoms with E-state index < -0.39 is 22.6 Å². The number of hydrogen-bond acceptors (Lipinski definition) is 5. The lowest BCUT2D eigenvalue weighted by atomic mass is 9.85. The molecule has 0 bridgehead atoms. The Morgan fingerprint density at radius 1 is 1.03 bits per heavy atom. The molecule has 0 saturated heterocycles. The Kier molecular flexibility index (Phi) is 6.03. The summed E-state index contributed by atoms with van der Waals surface area (Å²) in [7, 11) is -2.21. The summed E-state index contributed by atoms with van der Waals surface area (Å²) in [5.41, 5.74) is 3.81. The van der Waals surface area contributed by atoms with E-state index in [9.17, 15) is 13.2 Å². The van der Waals surface area contributed by atoms with Gasteiger partial charge in [0.15, 0.2) is 6.61 Å². The van der Waals surface area contributed by atoms with E-state index in [-0.39, 0.29) is 10.3 Å². The number of aliphatic carboxylic acids is 1. The number of nitrogens with zero attached hydrogens (tertiary/aromatic N) is 1. The maximum absolute atomic E-state index is 13.6. The SMILES string of the molecule is COc1ccc(-c2ccc3c(c2)C(C)(C)CN3S(=O)(=O)c2ccc(OCC(=O)O)c(C)c2)cc1. The van der Waals surface area contributed by atoms with Gasteiger partial charge in [-0.2, -0.15) is 0 Å². The molecule has 0 aromatic heterocycles. The number of carboxylic acid groups (broad SMARTS) is 1. The molecule has 0 atom stereocenters. The molecular weight excluding hydrogens is 454 g/mol. The summed E-state index contributed by atoms with van der Waals surface area (Å²) < 4.78 is 39.2. The molecule has 1 heterocycles. The van der Waals surface area contributed by atoms with Gasteiger partial charge in [-0.3, -0.25) is 4.31 Å². The predicted molar refractivity (Wildman–Crippen MR) is 130 cm³/mol. The Labute approximate surface area is 199 Å². The molecule has 7 nitrogen and oxygen atoms in total. The number of carboxylic acids is 1. The van der Waals surface area contributed by atoms with Crippen LogP contribution in [0.25, 0.3) is 11.1 Å². The topological polar surface area (TPSA) is 93.1 Å². The summed E-state index contributed by atoms with van der Waals surface area (Å²) in [5.74, 6) is 0.0193. The monoisotopic (exact) mass is 481 g/mol. The Balaban J connectivity index is 1.69. The first-order valence-corrected chi connectivity index (χ1v) is 12.2. The lowest BCUT2D eigenvalue weighted by Gasteiger charge is -2.22. The third-order valence-electron chi connectivity index (χ3n) is 6.04. The molecule has 1 aliphatic heterocycles. The summed E-state index contributed by atoms with van der Waals surface area (Å²) in [4.78, 5) is 10.9. The van der Waals surface area contributed by atoms with Crippen molar-refractivity contribution in [1.29, 1.82) is 0 Å². The molecule has 8 heteroatoms. The molecule has 34 heavy (non-hydrogen) atoms. The first-order chi connectivity index (χ1) is 16.0. The van der Waals surface area contributed by atoms with Crippen LogP contribution in [-0.2, 0) is 20.2 Å². The van der Waals surface area contributed by atoms with Gasteiger partial charge in [0.25, 0.3) is 10.0 Å². The maximum atomic E-state index is 13.6. The van der Waals surface area contributed by atoms with Gasteiger partial charge in [0.2, 0.25) is 0 Å². The van der Waals surface area contributed by atoms with Crippen LogP contribution in [0.1, 0.15) is 25.0 Å². The number of carbonyl (C=O) groups is 1. The quantitative estimate of drug-likeness (QED) is 0.529. The Morgan fingerprint density at radius 3 is 2.32 bits per heavy atom. The van der Waals surface area contributed by atoms with E-state index in [0.29, 0.717) is 23.5 Å². The molecule has 3 aromatic rings. The summed E-state index contributed by atoms with van der Waals surface area (Å²) in [5, 5.41) is 8.82. The van der Waals surface area contributed by atoms with Crippen molar-refractivity contribution in [2.75, 3.05) is 24.6 Å². The number of anilines is 1. The van der Waals surface area contributed by atoms with Gasteiger partial charge in [-0.25, -0.2) is 13.2 Å². The third-order valence-corrected chi connectivity index (χ3v) is 7.80. The lowest BCUT2D eigenvalue weighted by Crippen LogP contribution is -2.34. The number of rotatable bonds is 7.